The first kappa shape index (κ1) is 12.6. The third kappa shape index (κ3) is 3.01. The van der Waals surface area contributed by atoms with Crippen LogP contribution < -0.4 is 4.74 Å². The predicted molar refractivity (Wildman–Crippen MR) is 63.8 cm³/mol. The van der Waals surface area contributed by atoms with Gasteiger partial charge in [0.15, 0.2) is 5.78 Å². The topological polar surface area (TPSA) is 26.3 Å². The fourth-order valence-corrected chi connectivity index (χ4v) is 1.65. The van der Waals surface area contributed by atoms with E-state index in [0.717, 1.165) is 0 Å². The van der Waals surface area contributed by atoms with E-state index in [1.54, 1.807) is 0 Å². The highest BCUT2D eigenvalue weighted by Crippen LogP contribution is 2.23. The van der Waals surface area contributed by atoms with Crippen LogP contribution in [0.1, 0.15) is 10.4 Å². The lowest BCUT2D eigenvalue weighted by molar-refractivity contribution is 0.0994. The average molecular weight is 340 g/mol. The minimum absolute atomic E-state index is 0.135. The van der Waals surface area contributed by atoms with Gasteiger partial charge in [-0.1, -0.05) is 31.9 Å². The van der Waals surface area contributed by atoms with Crippen molar-refractivity contribution in [3.63, 3.8) is 0 Å². The van der Waals surface area contributed by atoms with Gasteiger partial charge >= 0.3 is 0 Å². The summed E-state index contributed by atoms with van der Waals surface area (Å²) in [4.78, 5) is 11.5. The number of halogens is 3. The van der Waals surface area contributed by atoms with Crippen molar-refractivity contribution in [3.05, 3.63) is 29.6 Å². The average Bonchev–Trinajstić information content (AvgIpc) is 2.26. The molecule has 0 heterocycles. The Kier molecular flexibility index (Phi) is 4.73. The van der Waals surface area contributed by atoms with Gasteiger partial charge in [-0.15, -0.1) is 0 Å². The number of carbonyl (C=O) groups excluding carboxylic acids is 1. The third-order valence-electron chi connectivity index (χ3n) is 1.85. The van der Waals surface area contributed by atoms with E-state index in [2.05, 4.69) is 31.9 Å². The standard InChI is InChI=1S/C10H9Br2FO2/c1-15-9-4-6(13)2-3-7(9)10(14)8(12)5-11/h2-4,8H,5H2,1H3. The number of Topliss-reactive ketones (excluding diaryl/α,β-unsaturated/α-hetero) is 1. The Hall–Kier alpha value is -0.420. The van der Waals surface area contributed by atoms with E-state index in [9.17, 15) is 9.18 Å². The molecule has 0 N–H and O–H groups in total. The van der Waals surface area contributed by atoms with Crippen LogP contribution in [0.3, 0.4) is 0 Å². The highest BCUT2D eigenvalue weighted by Gasteiger charge is 2.19. The van der Waals surface area contributed by atoms with E-state index in [1.807, 2.05) is 0 Å². The van der Waals surface area contributed by atoms with Crippen LogP contribution in [-0.4, -0.2) is 23.1 Å². The summed E-state index contributed by atoms with van der Waals surface area (Å²) in [7, 11) is 1.41. The molecule has 0 aliphatic rings. The van der Waals surface area contributed by atoms with Gasteiger partial charge in [0.05, 0.1) is 17.5 Å². The first-order valence-corrected chi connectivity index (χ1v) is 6.21. The number of alkyl halides is 2. The van der Waals surface area contributed by atoms with Crippen molar-refractivity contribution in [2.75, 3.05) is 12.4 Å². The molecule has 0 aliphatic carbocycles. The summed E-state index contributed by atoms with van der Waals surface area (Å²) >= 11 is 6.41. The highest BCUT2D eigenvalue weighted by atomic mass is 79.9. The van der Waals surface area contributed by atoms with Crippen molar-refractivity contribution >= 4 is 37.6 Å². The minimum Gasteiger partial charge on any atom is -0.496 e. The van der Waals surface area contributed by atoms with Gasteiger partial charge in [0.25, 0.3) is 0 Å². The third-order valence-corrected chi connectivity index (χ3v) is 4.10. The maximum absolute atomic E-state index is 12.9. The maximum atomic E-state index is 12.9. The zero-order chi connectivity index (χ0) is 11.4. The number of ether oxygens (including phenoxy) is 1. The first-order valence-electron chi connectivity index (χ1n) is 4.18. The molecule has 0 spiro atoms. The van der Waals surface area contributed by atoms with Gasteiger partial charge in [0, 0.05) is 11.4 Å². The molecule has 0 aromatic heterocycles. The summed E-state index contributed by atoms with van der Waals surface area (Å²) in [6.07, 6.45) is 0. The van der Waals surface area contributed by atoms with Gasteiger partial charge in [0.2, 0.25) is 0 Å². The molecular formula is C10H9Br2FO2. The summed E-state index contributed by atoms with van der Waals surface area (Å²) in [5, 5.41) is 0.492. The maximum Gasteiger partial charge on any atom is 0.181 e. The molecule has 2 nitrogen and oxygen atoms in total. The van der Waals surface area contributed by atoms with Crippen molar-refractivity contribution < 1.29 is 13.9 Å². The second-order valence-corrected chi connectivity index (χ2v) is 4.58. The summed E-state index contributed by atoms with van der Waals surface area (Å²) in [5.74, 6) is -0.303. The van der Waals surface area contributed by atoms with Crippen LogP contribution in [0.4, 0.5) is 4.39 Å². The zero-order valence-corrected chi connectivity index (χ0v) is 11.1. The molecule has 0 fully saturated rings. The lowest BCUT2D eigenvalue weighted by Gasteiger charge is -2.09. The molecule has 1 aromatic carbocycles. The molecule has 0 aliphatic heterocycles. The zero-order valence-electron chi connectivity index (χ0n) is 7.97. The fourth-order valence-electron chi connectivity index (χ4n) is 1.11. The predicted octanol–water partition coefficient (Wildman–Crippen LogP) is 3.18. The van der Waals surface area contributed by atoms with Gasteiger partial charge in [0.1, 0.15) is 11.6 Å². The van der Waals surface area contributed by atoms with Crippen LogP contribution in [0.2, 0.25) is 0 Å². The second kappa shape index (κ2) is 5.61. The van der Waals surface area contributed by atoms with Gasteiger partial charge in [-0.2, -0.15) is 0 Å². The number of carbonyl (C=O) groups is 1. The van der Waals surface area contributed by atoms with Crippen LogP contribution in [-0.2, 0) is 0 Å². The van der Waals surface area contributed by atoms with Crippen LogP contribution in [0, 0.1) is 5.82 Å². The fraction of sp³-hybridized carbons (Fsp3) is 0.300. The SMILES string of the molecule is COc1cc(F)ccc1C(=O)C(Br)CBr. The van der Waals surface area contributed by atoms with Crippen LogP contribution in [0.25, 0.3) is 0 Å². The molecule has 0 radical (unpaired) electrons. The number of hydrogen-bond acceptors (Lipinski definition) is 2. The molecule has 0 bridgehead atoms. The lowest BCUT2D eigenvalue weighted by Crippen LogP contribution is -2.16. The molecule has 1 rings (SSSR count). The van der Waals surface area contributed by atoms with E-state index in [4.69, 9.17) is 4.74 Å². The van der Waals surface area contributed by atoms with Crippen LogP contribution >= 0.6 is 31.9 Å². The van der Waals surface area contributed by atoms with Gasteiger partial charge in [-0.25, -0.2) is 4.39 Å². The number of hydrogen-bond donors (Lipinski definition) is 0. The smallest absolute Gasteiger partial charge is 0.181 e. The second-order valence-electron chi connectivity index (χ2n) is 2.83. The largest absolute Gasteiger partial charge is 0.496 e. The van der Waals surface area contributed by atoms with Crippen molar-refractivity contribution in [2.24, 2.45) is 0 Å². The van der Waals surface area contributed by atoms with Crippen LogP contribution in [0.15, 0.2) is 18.2 Å². The molecule has 0 saturated carbocycles. The van der Waals surface area contributed by atoms with Crippen molar-refractivity contribution in [3.8, 4) is 5.75 Å². The van der Waals surface area contributed by atoms with Gasteiger partial charge in [-0.05, 0) is 12.1 Å². The summed E-state index contributed by atoms with van der Waals surface area (Å²) < 4.78 is 17.8. The lowest BCUT2D eigenvalue weighted by atomic mass is 10.1. The number of ketones is 1. The number of methoxy groups -OCH3 is 1. The normalized spacial score (nSPS) is 12.3. The Morgan fingerprint density at radius 1 is 1.60 bits per heavy atom. The van der Waals surface area contributed by atoms with E-state index < -0.39 is 5.82 Å². The molecule has 82 valence electrons. The Balaban J connectivity index is 3.08. The van der Waals surface area contributed by atoms with Gasteiger partial charge < -0.3 is 4.74 Å². The minimum atomic E-state index is -0.423. The van der Waals surface area contributed by atoms with Crippen LogP contribution in [0.5, 0.6) is 5.75 Å². The summed E-state index contributed by atoms with van der Waals surface area (Å²) in [6.45, 7) is 0. The van der Waals surface area contributed by atoms with E-state index in [0.29, 0.717) is 10.9 Å². The molecule has 1 atom stereocenters. The van der Waals surface area contributed by atoms with Gasteiger partial charge in [-0.3, -0.25) is 4.79 Å². The van der Waals surface area contributed by atoms with Crippen molar-refractivity contribution in [1.29, 1.82) is 0 Å². The van der Waals surface area contributed by atoms with Crippen molar-refractivity contribution in [2.45, 2.75) is 4.83 Å². The van der Waals surface area contributed by atoms with Crippen molar-refractivity contribution in [1.82, 2.24) is 0 Å². The Morgan fingerprint density at radius 2 is 2.27 bits per heavy atom. The van der Waals surface area contributed by atoms with E-state index in [1.165, 1.54) is 25.3 Å². The monoisotopic (exact) mass is 338 g/mol. The summed E-state index contributed by atoms with van der Waals surface area (Å²) in [6, 6.07) is 3.86. The molecule has 1 unspecified atom stereocenters. The molecule has 0 saturated heterocycles. The molecule has 1 aromatic rings. The number of rotatable bonds is 4. The number of benzene rings is 1. The molecule has 15 heavy (non-hydrogen) atoms. The Morgan fingerprint density at radius 3 is 2.80 bits per heavy atom. The highest BCUT2D eigenvalue weighted by molar-refractivity contribution is 9.12. The Labute approximate surface area is 104 Å². The summed E-state index contributed by atoms with van der Waals surface area (Å²) in [5.41, 5.74) is 0.375. The molecular weight excluding hydrogens is 331 g/mol. The quantitative estimate of drug-likeness (QED) is 0.622. The first-order chi connectivity index (χ1) is 7.10. The van der Waals surface area contributed by atoms with E-state index in [-0.39, 0.29) is 16.4 Å². The molecule has 0 amide bonds. The Bertz CT molecular complexity index is 368. The molecule has 5 heteroatoms. The van der Waals surface area contributed by atoms with E-state index >= 15 is 0 Å².